The van der Waals surface area contributed by atoms with E-state index >= 15 is 0 Å². The quantitative estimate of drug-likeness (QED) is 0.702. The van der Waals surface area contributed by atoms with Crippen LogP contribution in [0.3, 0.4) is 0 Å². The first-order valence-corrected chi connectivity index (χ1v) is 6.36. The molecule has 1 aromatic rings. The molecule has 2 heteroatoms. The fourth-order valence-electron chi connectivity index (χ4n) is 1.39. The molecule has 0 N–H and O–H groups in total. The Bertz CT molecular complexity index is 307. The van der Waals surface area contributed by atoms with E-state index < -0.39 is 0 Å². The summed E-state index contributed by atoms with van der Waals surface area (Å²) in [6.07, 6.45) is 2.29. The van der Waals surface area contributed by atoms with Crippen LogP contribution in [0.4, 0.5) is 0 Å². The van der Waals surface area contributed by atoms with Crippen molar-refractivity contribution in [3.63, 3.8) is 0 Å². The maximum Gasteiger partial charge on any atom is 0.119 e. The Kier molecular flexibility index (Phi) is 5.16. The maximum absolute atomic E-state index is 5.67. The lowest BCUT2D eigenvalue weighted by Gasteiger charge is -2.11. The highest BCUT2D eigenvalue weighted by molar-refractivity contribution is 9.10. The number of rotatable bonds is 5. The van der Waals surface area contributed by atoms with Crippen molar-refractivity contribution < 1.29 is 4.74 Å². The molecular formula is C13H19BrO. The number of hydrogen-bond acceptors (Lipinski definition) is 1. The van der Waals surface area contributed by atoms with Crippen molar-refractivity contribution in [3.8, 4) is 5.75 Å². The van der Waals surface area contributed by atoms with Crippen molar-refractivity contribution in [1.82, 2.24) is 0 Å². The van der Waals surface area contributed by atoms with Crippen LogP contribution in [-0.2, 0) is 0 Å². The highest BCUT2D eigenvalue weighted by Gasteiger charge is 2.06. The predicted octanol–water partition coefficient (Wildman–Crippen LogP) is 4.75. The van der Waals surface area contributed by atoms with Crippen molar-refractivity contribution in [2.24, 2.45) is 0 Å². The first-order chi connectivity index (χ1) is 7.15. The molecule has 0 spiro atoms. The van der Waals surface area contributed by atoms with E-state index in [-0.39, 0.29) is 0 Å². The molecule has 15 heavy (non-hydrogen) atoms. The molecule has 0 atom stereocenters. The van der Waals surface area contributed by atoms with Gasteiger partial charge >= 0.3 is 0 Å². The Balaban J connectivity index is 2.70. The number of halogens is 1. The molecule has 0 bridgehead atoms. The van der Waals surface area contributed by atoms with Gasteiger partial charge in [0, 0.05) is 4.47 Å². The Hall–Kier alpha value is -0.500. The van der Waals surface area contributed by atoms with E-state index in [2.05, 4.69) is 48.8 Å². The molecule has 0 aliphatic rings. The second-order valence-corrected chi connectivity index (χ2v) is 4.89. The van der Waals surface area contributed by atoms with E-state index in [1.165, 1.54) is 16.5 Å². The molecule has 1 nitrogen and oxygen atoms in total. The van der Waals surface area contributed by atoms with Gasteiger partial charge in [0.25, 0.3) is 0 Å². The smallest absolute Gasteiger partial charge is 0.119 e. The van der Waals surface area contributed by atoms with Crippen LogP contribution in [0, 0.1) is 0 Å². The fraction of sp³-hybridized carbons (Fsp3) is 0.538. The molecule has 0 heterocycles. The van der Waals surface area contributed by atoms with Crippen LogP contribution in [0.5, 0.6) is 5.75 Å². The summed E-state index contributed by atoms with van der Waals surface area (Å²) < 4.78 is 6.84. The lowest BCUT2D eigenvalue weighted by molar-refractivity contribution is 0.309. The van der Waals surface area contributed by atoms with Gasteiger partial charge < -0.3 is 4.74 Å². The molecule has 84 valence electrons. The van der Waals surface area contributed by atoms with Crippen LogP contribution in [-0.4, -0.2) is 6.61 Å². The van der Waals surface area contributed by atoms with E-state index in [1.807, 2.05) is 6.07 Å². The third-order valence-corrected chi connectivity index (χ3v) is 3.08. The van der Waals surface area contributed by atoms with Gasteiger partial charge in [-0.15, -0.1) is 0 Å². The topological polar surface area (TPSA) is 9.23 Å². The van der Waals surface area contributed by atoms with E-state index in [0.29, 0.717) is 5.92 Å². The van der Waals surface area contributed by atoms with Gasteiger partial charge in [-0.05, 0) is 36.1 Å². The lowest BCUT2D eigenvalue weighted by atomic mass is 10.0. The van der Waals surface area contributed by atoms with Crippen molar-refractivity contribution in [2.75, 3.05) is 6.61 Å². The molecule has 0 saturated heterocycles. The summed E-state index contributed by atoms with van der Waals surface area (Å²) >= 11 is 3.56. The first kappa shape index (κ1) is 12.6. The van der Waals surface area contributed by atoms with Crippen LogP contribution in [0.1, 0.15) is 45.1 Å². The van der Waals surface area contributed by atoms with E-state index in [9.17, 15) is 0 Å². The molecule has 0 aliphatic heterocycles. The van der Waals surface area contributed by atoms with Gasteiger partial charge in [-0.25, -0.2) is 0 Å². The van der Waals surface area contributed by atoms with E-state index in [0.717, 1.165) is 18.8 Å². The third-order valence-electron chi connectivity index (χ3n) is 2.36. The predicted molar refractivity (Wildman–Crippen MR) is 68.6 cm³/mol. The lowest BCUT2D eigenvalue weighted by Crippen LogP contribution is -1.98. The van der Waals surface area contributed by atoms with Crippen LogP contribution in [0.25, 0.3) is 0 Å². The fourth-order valence-corrected chi connectivity index (χ4v) is 2.09. The number of ether oxygens (including phenoxy) is 1. The van der Waals surface area contributed by atoms with Crippen molar-refractivity contribution in [1.29, 1.82) is 0 Å². The molecular weight excluding hydrogens is 252 g/mol. The molecule has 0 aliphatic carbocycles. The number of unbranched alkanes of at least 4 members (excludes halogenated alkanes) is 1. The van der Waals surface area contributed by atoms with Crippen molar-refractivity contribution in [3.05, 3.63) is 28.2 Å². The summed E-state index contributed by atoms with van der Waals surface area (Å²) in [7, 11) is 0. The van der Waals surface area contributed by atoms with Crippen molar-refractivity contribution in [2.45, 2.75) is 39.5 Å². The number of benzene rings is 1. The minimum absolute atomic E-state index is 0.522. The summed E-state index contributed by atoms with van der Waals surface area (Å²) in [4.78, 5) is 0. The second kappa shape index (κ2) is 6.16. The SMILES string of the molecule is CCCCOc1ccc(Br)c(C(C)C)c1. The summed E-state index contributed by atoms with van der Waals surface area (Å²) in [5.41, 5.74) is 1.31. The number of hydrogen-bond donors (Lipinski definition) is 0. The zero-order valence-electron chi connectivity index (χ0n) is 9.72. The van der Waals surface area contributed by atoms with Crippen LogP contribution >= 0.6 is 15.9 Å². The Morgan fingerprint density at radius 3 is 2.67 bits per heavy atom. The Morgan fingerprint density at radius 1 is 1.33 bits per heavy atom. The normalized spacial score (nSPS) is 10.7. The highest BCUT2D eigenvalue weighted by Crippen LogP contribution is 2.28. The minimum atomic E-state index is 0.522. The summed E-state index contributed by atoms with van der Waals surface area (Å²) in [6, 6.07) is 6.21. The Morgan fingerprint density at radius 2 is 2.07 bits per heavy atom. The minimum Gasteiger partial charge on any atom is -0.494 e. The summed E-state index contributed by atoms with van der Waals surface area (Å²) in [6.45, 7) is 7.37. The average molecular weight is 271 g/mol. The molecule has 0 amide bonds. The second-order valence-electron chi connectivity index (χ2n) is 4.04. The summed E-state index contributed by atoms with van der Waals surface area (Å²) in [5.74, 6) is 1.50. The van der Waals surface area contributed by atoms with Gasteiger partial charge in [0.2, 0.25) is 0 Å². The van der Waals surface area contributed by atoms with Gasteiger partial charge in [-0.3, -0.25) is 0 Å². The van der Waals surface area contributed by atoms with Gasteiger partial charge in [-0.1, -0.05) is 43.1 Å². The van der Waals surface area contributed by atoms with Gasteiger partial charge in [0.05, 0.1) is 6.61 Å². The largest absolute Gasteiger partial charge is 0.494 e. The van der Waals surface area contributed by atoms with Crippen LogP contribution in [0.15, 0.2) is 22.7 Å². The summed E-state index contributed by atoms with van der Waals surface area (Å²) in [5, 5.41) is 0. The molecule has 0 aromatic heterocycles. The van der Waals surface area contributed by atoms with Crippen LogP contribution < -0.4 is 4.74 Å². The van der Waals surface area contributed by atoms with Gasteiger partial charge in [-0.2, -0.15) is 0 Å². The highest BCUT2D eigenvalue weighted by atomic mass is 79.9. The zero-order chi connectivity index (χ0) is 11.3. The molecule has 0 unspecified atom stereocenters. The van der Waals surface area contributed by atoms with Crippen LogP contribution in [0.2, 0.25) is 0 Å². The maximum atomic E-state index is 5.67. The van der Waals surface area contributed by atoms with Gasteiger partial charge in [0.15, 0.2) is 0 Å². The Labute approximate surface area is 101 Å². The molecule has 0 saturated carbocycles. The van der Waals surface area contributed by atoms with Crippen molar-refractivity contribution >= 4 is 15.9 Å². The monoisotopic (exact) mass is 270 g/mol. The molecule has 0 radical (unpaired) electrons. The van der Waals surface area contributed by atoms with Gasteiger partial charge in [0.1, 0.15) is 5.75 Å². The van der Waals surface area contributed by atoms with E-state index in [4.69, 9.17) is 4.74 Å². The molecule has 0 fully saturated rings. The molecule has 1 aromatic carbocycles. The first-order valence-electron chi connectivity index (χ1n) is 5.57. The third kappa shape index (κ3) is 3.86. The average Bonchev–Trinajstić information content (AvgIpc) is 2.20. The zero-order valence-corrected chi connectivity index (χ0v) is 11.3. The molecule has 1 rings (SSSR count). The van der Waals surface area contributed by atoms with E-state index in [1.54, 1.807) is 0 Å². The standard InChI is InChI=1S/C13H19BrO/c1-4-5-8-15-11-6-7-13(14)12(9-11)10(2)3/h6-7,9-10H,4-5,8H2,1-3H3.